The van der Waals surface area contributed by atoms with Gasteiger partial charge in [0, 0.05) is 12.5 Å². The summed E-state index contributed by atoms with van der Waals surface area (Å²) in [5.74, 6) is 0.142. The van der Waals surface area contributed by atoms with Crippen molar-refractivity contribution >= 4 is 6.29 Å². The summed E-state index contributed by atoms with van der Waals surface area (Å²) >= 11 is 0. The molecule has 1 unspecified atom stereocenters. The first-order valence-electron chi connectivity index (χ1n) is 7.04. The van der Waals surface area contributed by atoms with Gasteiger partial charge in [-0.2, -0.15) is 0 Å². The minimum atomic E-state index is -0.566. The fourth-order valence-electron chi connectivity index (χ4n) is 3.37. The summed E-state index contributed by atoms with van der Waals surface area (Å²) in [6.45, 7) is 0.140. The number of carbonyl (C=O) groups excluding carboxylic acids is 1. The molecule has 0 saturated carbocycles. The molecule has 102 valence electrons. The molecule has 0 fully saturated rings. The second-order valence-electron chi connectivity index (χ2n) is 5.46. The molecule has 2 aromatic rings. The van der Waals surface area contributed by atoms with E-state index in [-0.39, 0.29) is 12.5 Å². The molecule has 0 radical (unpaired) electrons. The molecule has 0 spiro atoms. The quantitative estimate of drug-likeness (QED) is 0.867. The molecule has 3 rings (SSSR count). The number of hydrogen-bond acceptors (Lipinski definition) is 2. The Labute approximate surface area is 119 Å². The lowest BCUT2D eigenvalue weighted by molar-refractivity contribution is -0.111. The maximum atomic E-state index is 12.0. The highest BCUT2D eigenvalue weighted by molar-refractivity contribution is 5.77. The summed E-state index contributed by atoms with van der Waals surface area (Å²) in [7, 11) is 0. The van der Waals surface area contributed by atoms with E-state index in [2.05, 4.69) is 0 Å². The molecule has 2 atom stereocenters. The number of hydrogen-bond donors (Lipinski definition) is 1. The maximum Gasteiger partial charge on any atom is 0.134 e. The van der Waals surface area contributed by atoms with Crippen LogP contribution in [0.2, 0.25) is 0 Å². The molecule has 0 amide bonds. The average molecular weight is 266 g/mol. The van der Waals surface area contributed by atoms with Gasteiger partial charge in [0.05, 0.1) is 5.41 Å². The Morgan fingerprint density at radius 3 is 2.50 bits per heavy atom. The van der Waals surface area contributed by atoms with Crippen LogP contribution in [0.15, 0.2) is 54.6 Å². The van der Waals surface area contributed by atoms with Crippen LogP contribution in [0.1, 0.15) is 35.4 Å². The molecule has 2 aromatic carbocycles. The largest absolute Gasteiger partial charge is 0.396 e. The Kier molecular flexibility index (Phi) is 3.41. The van der Waals surface area contributed by atoms with Crippen LogP contribution >= 0.6 is 0 Å². The van der Waals surface area contributed by atoms with Crippen LogP contribution in [0.3, 0.4) is 0 Å². The van der Waals surface area contributed by atoms with Gasteiger partial charge in [-0.05, 0) is 29.5 Å². The van der Waals surface area contributed by atoms with Gasteiger partial charge in [0.15, 0.2) is 0 Å². The van der Waals surface area contributed by atoms with Gasteiger partial charge in [-0.25, -0.2) is 0 Å². The van der Waals surface area contributed by atoms with Gasteiger partial charge in [0.25, 0.3) is 0 Å². The van der Waals surface area contributed by atoms with E-state index in [1.165, 1.54) is 0 Å². The molecule has 20 heavy (non-hydrogen) atoms. The average Bonchev–Trinajstić information content (AvgIpc) is 2.54. The summed E-state index contributed by atoms with van der Waals surface area (Å²) in [6, 6.07) is 18.0. The van der Waals surface area contributed by atoms with Crippen molar-refractivity contribution in [1.82, 2.24) is 0 Å². The lowest BCUT2D eigenvalue weighted by atomic mass is 9.64. The summed E-state index contributed by atoms with van der Waals surface area (Å²) in [4.78, 5) is 12.0. The molecule has 2 nitrogen and oxygen atoms in total. The maximum absolute atomic E-state index is 12.0. The molecule has 1 N–H and O–H groups in total. The predicted octanol–water partition coefficient (Wildman–Crippen LogP) is 3.04. The standard InChI is InChI=1S/C18H18O2/c19-12-14-10-11-18(13-20,15-6-2-1-3-7-15)17-9-5-4-8-16(14)17/h1-9,13-14,19H,10-12H2/t14-,18?/m0/s1. The smallest absolute Gasteiger partial charge is 0.134 e. The van der Waals surface area contributed by atoms with Crippen molar-refractivity contribution in [2.75, 3.05) is 6.61 Å². The van der Waals surface area contributed by atoms with Crippen LogP contribution < -0.4 is 0 Å². The first-order chi connectivity index (χ1) is 9.81. The highest BCUT2D eigenvalue weighted by atomic mass is 16.3. The third-order valence-electron chi connectivity index (χ3n) is 4.48. The lowest BCUT2D eigenvalue weighted by Crippen LogP contribution is -2.35. The van der Waals surface area contributed by atoms with E-state index in [1.54, 1.807) is 0 Å². The molecule has 0 aromatic heterocycles. The van der Waals surface area contributed by atoms with Crippen LogP contribution in [0, 0.1) is 0 Å². The fraction of sp³-hybridized carbons (Fsp3) is 0.278. The minimum absolute atomic E-state index is 0.140. The summed E-state index contributed by atoms with van der Waals surface area (Å²) in [5, 5.41) is 9.56. The second-order valence-corrected chi connectivity index (χ2v) is 5.46. The number of benzene rings is 2. The zero-order chi connectivity index (χ0) is 14.0. The van der Waals surface area contributed by atoms with Crippen LogP contribution in [-0.4, -0.2) is 18.0 Å². The highest BCUT2D eigenvalue weighted by Crippen LogP contribution is 2.45. The van der Waals surface area contributed by atoms with Crippen LogP contribution in [0.25, 0.3) is 0 Å². The van der Waals surface area contributed by atoms with Crippen molar-refractivity contribution < 1.29 is 9.90 Å². The number of rotatable bonds is 3. The third kappa shape index (κ3) is 1.88. The van der Waals surface area contributed by atoms with Crippen LogP contribution in [-0.2, 0) is 10.2 Å². The molecule has 0 bridgehead atoms. The number of aliphatic hydroxyl groups is 1. The molecule has 1 aliphatic carbocycles. The zero-order valence-electron chi connectivity index (χ0n) is 11.3. The second kappa shape index (κ2) is 5.22. The Balaban J connectivity index is 2.21. The molecular weight excluding hydrogens is 248 g/mol. The molecule has 0 heterocycles. The van der Waals surface area contributed by atoms with E-state index in [4.69, 9.17) is 0 Å². The van der Waals surface area contributed by atoms with E-state index in [0.29, 0.717) is 0 Å². The molecule has 0 saturated heterocycles. The van der Waals surface area contributed by atoms with Crippen molar-refractivity contribution in [2.24, 2.45) is 0 Å². The van der Waals surface area contributed by atoms with Crippen molar-refractivity contribution in [3.8, 4) is 0 Å². The van der Waals surface area contributed by atoms with Crippen molar-refractivity contribution in [2.45, 2.75) is 24.2 Å². The number of carbonyl (C=O) groups is 1. The Morgan fingerprint density at radius 1 is 1.10 bits per heavy atom. The van der Waals surface area contributed by atoms with Gasteiger partial charge in [0.1, 0.15) is 6.29 Å². The third-order valence-corrected chi connectivity index (χ3v) is 4.48. The molecule has 1 aliphatic rings. The Bertz CT molecular complexity index is 606. The van der Waals surface area contributed by atoms with Gasteiger partial charge in [-0.15, -0.1) is 0 Å². The normalized spacial score (nSPS) is 24.9. The van der Waals surface area contributed by atoms with Gasteiger partial charge in [-0.3, -0.25) is 0 Å². The molecular formula is C18H18O2. The topological polar surface area (TPSA) is 37.3 Å². The van der Waals surface area contributed by atoms with Crippen LogP contribution in [0.4, 0.5) is 0 Å². The Morgan fingerprint density at radius 2 is 1.80 bits per heavy atom. The number of aliphatic hydroxyl groups excluding tert-OH is 1. The molecule has 2 heteroatoms. The van der Waals surface area contributed by atoms with Crippen molar-refractivity contribution in [1.29, 1.82) is 0 Å². The zero-order valence-corrected chi connectivity index (χ0v) is 11.3. The lowest BCUT2D eigenvalue weighted by Gasteiger charge is -2.38. The molecule has 0 aliphatic heterocycles. The van der Waals surface area contributed by atoms with Crippen LogP contribution in [0.5, 0.6) is 0 Å². The van der Waals surface area contributed by atoms with E-state index in [1.807, 2.05) is 54.6 Å². The first-order valence-corrected chi connectivity index (χ1v) is 7.04. The first kappa shape index (κ1) is 13.1. The van der Waals surface area contributed by atoms with Gasteiger partial charge in [-0.1, -0.05) is 54.6 Å². The van der Waals surface area contributed by atoms with Gasteiger partial charge in [0.2, 0.25) is 0 Å². The monoisotopic (exact) mass is 266 g/mol. The van der Waals surface area contributed by atoms with Gasteiger partial charge >= 0.3 is 0 Å². The van der Waals surface area contributed by atoms with E-state index in [9.17, 15) is 9.90 Å². The minimum Gasteiger partial charge on any atom is -0.396 e. The summed E-state index contributed by atoms with van der Waals surface area (Å²) < 4.78 is 0. The number of aldehydes is 1. The summed E-state index contributed by atoms with van der Waals surface area (Å²) in [6.07, 6.45) is 2.67. The van der Waals surface area contributed by atoms with Crippen molar-refractivity contribution in [3.05, 3.63) is 71.3 Å². The SMILES string of the molecule is O=CC1(c2ccccc2)CC[C@@H](CO)c2ccccc21. The summed E-state index contributed by atoms with van der Waals surface area (Å²) in [5.41, 5.74) is 2.63. The predicted molar refractivity (Wildman–Crippen MR) is 78.8 cm³/mol. The number of fused-ring (bicyclic) bond motifs is 1. The van der Waals surface area contributed by atoms with Crippen molar-refractivity contribution in [3.63, 3.8) is 0 Å². The highest BCUT2D eigenvalue weighted by Gasteiger charge is 2.40. The fourth-order valence-corrected chi connectivity index (χ4v) is 3.37. The Hall–Kier alpha value is -1.93. The van der Waals surface area contributed by atoms with E-state index >= 15 is 0 Å². The van der Waals surface area contributed by atoms with E-state index in [0.717, 1.165) is 35.8 Å². The van der Waals surface area contributed by atoms with E-state index < -0.39 is 5.41 Å². The van der Waals surface area contributed by atoms with Gasteiger partial charge < -0.3 is 9.90 Å².